The molecule has 2 atom stereocenters. The van der Waals surface area contributed by atoms with Gasteiger partial charge in [-0.15, -0.1) is 0 Å². The van der Waals surface area contributed by atoms with Crippen LogP contribution >= 0.6 is 0 Å². The number of nitrogens with zero attached hydrogens (tertiary/aromatic N) is 3. The molecule has 3 rings (SSSR count). The van der Waals surface area contributed by atoms with Crippen molar-refractivity contribution < 1.29 is 4.79 Å². The summed E-state index contributed by atoms with van der Waals surface area (Å²) in [5, 5.41) is 0. The third kappa shape index (κ3) is 2.49. The molecule has 1 aliphatic heterocycles. The Morgan fingerprint density at radius 1 is 1.23 bits per heavy atom. The van der Waals surface area contributed by atoms with Crippen molar-refractivity contribution in [2.24, 2.45) is 5.92 Å². The maximum absolute atomic E-state index is 12.9. The Kier molecular flexibility index (Phi) is 3.92. The van der Waals surface area contributed by atoms with Crippen LogP contribution in [0.25, 0.3) is 0 Å². The first-order valence-corrected chi connectivity index (χ1v) is 7.75. The van der Waals surface area contributed by atoms with Crippen LogP contribution in [0.1, 0.15) is 43.9 Å². The minimum absolute atomic E-state index is 0.0936. The van der Waals surface area contributed by atoms with E-state index in [4.69, 9.17) is 0 Å². The van der Waals surface area contributed by atoms with Crippen molar-refractivity contribution >= 4 is 11.6 Å². The summed E-state index contributed by atoms with van der Waals surface area (Å²) in [4.78, 5) is 23.2. The maximum Gasteiger partial charge on any atom is 0.235 e. The number of para-hydroxylation sites is 1. The van der Waals surface area contributed by atoms with Gasteiger partial charge in [-0.1, -0.05) is 32.0 Å². The van der Waals surface area contributed by atoms with Gasteiger partial charge in [0.1, 0.15) is 0 Å². The topological polar surface area (TPSA) is 46.1 Å². The highest BCUT2D eigenvalue weighted by Gasteiger charge is 2.35. The molecule has 0 radical (unpaired) electrons. The minimum atomic E-state index is -0.285. The fraction of sp³-hybridized carbons (Fsp3) is 0.389. The van der Waals surface area contributed by atoms with Crippen molar-refractivity contribution in [3.8, 4) is 0 Å². The van der Waals surface area contributed by atoms with Crippen molar-refractivity contribution in [2.75, 3.05) is 11.4 Å². The molecule has 2 heterocycles. The molecule has 0 aliphatic carbocycles. The van der Waals surface area contributed by atoms with E-state index in [9.17, 15) is 4.79 Å². The number of fused-ring (bicyclic) bond motifs is 1. The molecule has 0 saturated heterocycles. The summed E-state index contributed by atoms with van der Waals surface area (Å²) >= 11 is 0. The van der Waals surface area contributed by atoms with Crippen LogP contribution < -0.4 is 4.90 Å². The highest BCUT2D eigenvalue weighted by Crippen LogP contribution is 2.41. The number of hydrogen-bond acceptors (Lipinski definition) is 3. The van der Waals surface area contributed by atoms with E-state index in [2.05, 4.69) is 29.9 Å². The molecular formula is C18H21N3O. The maximum atomic E-state index is 12.9. The quantitative estimate of drug-likeness (QED) is 0.872. The largest absolute Gasteiger partial charge is 0.311 e. The van der Waals surface area contributed by atoms with Gasteiger partial charge in [0.2, 0.25) is 5.91 Å². The molecule has 0 saturated carbocycles. The molecule has 4 nitrogen and oxygen atoms in total. The molecule has 1 aliphatic rings. The second-order valence-corrected chi connectivity index (χ2v) is 6.21. The lowest BCUT2D eigenvalue weighted by molar-refractivity contribution is -0.119. The van der Waals surface area contributed by atoms with Gasteiger partial charge in [-0.05, 0) is 24.5 Å². The highest BCUT2D eigenvalue weighted by atomic mass is 16.2. The first-order chi connectivity index (χ1) is 10.6. The molecule has 0 spiro atoms. The number of amides is 1. The van der Waals surface area contributed by atoms with Gasteiger partial charge in [-0.3, -0.25) is 14.8 Å². The van der Waals surface area contributed by atoms with Crippen LogP contribution in [0, 0.1) is 5.92 Å². The number of aromatic nitrogens is 2. The standard InChI is InChI=1S/C18H21N3O/c1-12(2)15-11-21(17-7-5-4-6-14(15)17)18(22)13(3)16-10-19-8-9-20-16/h4-10,12-13,15H,11H2,1-3H3. The molecule has 114 valence electrons. The molecule has 1 aromatic heterocycles. The molecule has 2 unspecified atom stereocenters. The van der Waals surface area contributed by atoms with Crippen molar-refractivity contribution in [3.05, 3.63) is 54.1 Å². The zero-order chi connectivity index (χ0) is 15.7. The van der Waals surface area contributed by atoms with Gasteiger partial charge in [0, 0.05) is 36.7 Å². The van der Waals surface area contributed by atoms with E-state index in [0.29, 0.717) is 11.8 Å². The zero-order valence-electron chi connectivity index (χ0n) is 13.2. The van der Waals surface area contributed by atoms with Crippen LogP contribution in [-0.2, 0) is 4.79 Å². The van der Waals surface area contributed by atoms with E-state index >= 15 is 0 Å². The first kappa shape index (κ1) is 14.7. The van der Waals surface area contributed by atoms with Gasteiger partial charge >= 0.3 is 0 Å². The fourth-order valence-electron chi connectivity index (χ4n) is 3.11. The zero-order valence-corrected chi connectivity index (χ0v) is 13.2. The van der Waals surface area contributed by atoms with E-state index in [1.54, 1.807) is 18.6 Å². The number of benzene rings is 1. The molecule has 4 heteroatoms. The summed E-state index contributed by atoms with van der Waals surface area (Å²) < 4.78 is 0. The van der Waals surface area contributed by atoms with E-state index in [1.807, 2.05) is 30.0 Å². The number of carbonyl (C=O) groups excluding carboxylic acids is 1. The van der Waals surface area contributed by atoms with Gasteiger partial charge in [-0.2, -0.15) is 0 Å². The summed E-state index contributed by atoms with van der Waals surface area (Å²) in [6.07, 6.45) is 4.93. The van der Waals surface area contributed by atoms with Gasteiger partial charge in [0.05, 0.1) is 11.6 Å². The van der Waals surface area contributed by atoms with Crippen LogP contribution in [0.4, 0.5) is 5.69 Å². The van der Waals surface area contributed by atoms with E-state index < -0.39 is 0 Å². The monoisotopic (exact) mass is 295 g/mol. The second kappa shape index (κ2) is 5.87. The Bertz CT molecular complexity index is 669. The summed E-state index contributed by atoms with van der Waals surface area (Å²) in [6.45, 7) is 7.07. The predicted molar refractivity (Wildman–Crippen MR) is 86.8 cm³/mol. The molecule has 0 bridgehead atoms. The molecule has 1 aromatic carbocycles. The van der Waals surface area contributed by atoms with Crippen LogP contribution in [-0.4, -0.2) is 22.4 Å². The Hall–Kier alpha value is -2.23. The third-order valence-electron chi connectivity index (χ3n) is 4.47. The van der Waals surface area contributed by atoms with Gasteiger partial charge < -0.3 is 4.90 Å². The minimum Gasteiger partial charge on any atom is -0.311 e. The fourth-order valence-corrected chi connectivity index (χ4v) is 3.11. The molecule has 2 aromatic rings. The molecule has 0 N–H and O–H groups in total. The third-order valence-corrected chi connectivity index (χ3v) is 4.47. The number of anilines is 1. The van der Waals surface area contributed by atoms with Gasteiger partial charge in [0.15, 0.2) is 0 Å². The Morgan fingerprint density at radius 2 is 2.00 bits per heavy atom. The van der Waals surface area contributed by atoms with E-state index in [0.717, 1.165) is 17.9 Å². The summed E-state index contributed by atoms with van der Waals surface area (Å²) in [5.41, 5.74) is 3.04. The highest BCUT2D eigenvalue weighted by molar-refractivity contribution is 5.99. The average molecular weight is 295 g/mol. The average Bonchev–Trinajstić information content (AvgIpc) is 2.94. The van der Waals surface area contributed by atoms with Crippen molar-refractivity contribution in [3.63, 3.8) is 0 Å². The lowest BCUT2D eigenvalue weighted by atomic mass is 9.90. The second-order valence-electron chi connectivity index (χ2n) is 6.21. The van der Waals surface area contributed by atoms with Crippen LogP contribution in [0.15, 0.2) is 42.9 Å². The van der Waals surface area contributed by atoms with Crippen LogP contribution in [0.2, 0.25) is 0 Å². The van der Waals surface area contributed by atoms with E-state index in [-0.39, 0.29) is 11.8 Å². The van der Waals surface area contributed by atoms with Crippen molar-refractivity contribution in [1.82, 2.24) is 9.97 Å². The number of carbonyl (C=O) groups is 1. The van der Waals surface area contributed by atoms with Crippen LogP contribution in [0.5, 0.6) is 0 Å². The first-order valence-electron chi connectivity index (χ1n) is 7.75. The Labute approximate surface area is 131 Å². The van der Waals surface area contributed by atoms with Gasteiger partial charge in [-0.25, -0.2) is 0 Å². The predicted octanol–water partition coefficient (Wildman–Crippen LogP) is 3.37. The van der Waals surface area contributed by atoms with E-state index in [1.165, 1.54) is 5.56 Å². The molecular weight excluding hydrogens is 274 g/mol. The SMILES string of the molecule is CC(C(=O)N1CC(C(C)C)c2ccccc21)c1cnccn1. The molecule has 0 fully saturated rings. The summed E-state index contributed by atoms with van der Waals surface area (Å²) in [7, 11) is 0. The normalized spacial score (nSPS) is 18.4. The van der Waals surface area contributed by atoms with Crippen molar-refractivity contribution in [2.45, 2.75) is 32.6 Å². The number of rotatable bonds is 3. The smallest absolute Gasteiger partial charge is 0.235 e. The van der Waals surface area contributed by atoms with Gasteiger partial charge in [0.25, 0.3) is 0 Å². The Morgan fingerprint density at radius 3 is 2.68 bits per heavy atom. The van der Waals surface area contributed by atoms with Crippen LogP contribution in [0.3, 0.4) is 0 Å². The summed E-state index contributed by atoms with van der Waals surface area (Å²) in [5.74, 6) is 0.712. The molecule has 22 heavy (non-hydrogen) atoms. The van der Waals surface area contributed by atoms with Crippen molar-refractivity contribution in [1.29, 1.82) is 0 Å². The number of hydrogen-bond donors (Lipinski definition) is 0. The Balaban J connectivity index is 1.91. The summed E-state index contributed by atoms with van der Waals surface area (Å²) in [6, 6.07) is 8.22. The lowest BCUT2D eigenvalue weighted by Gasteiger charge is -2.22. The lowest BCUT2D eigenvalue weighted by Crippen LogP contribution is -2.34. The molecule has 1 amide bonds.